The van der Waals surface area contributed by atoms with Gasteiger partial charge in [-0.25, -0.2) is 0 Å². The Hall–Kier alpha value is -4.50. The summed E-state index contributed by atoms with van der Waals surface area (Å²) in [5.41, 5.74) is 17.0. The van der Waals surface area contributed by atoms with Crippen molar-refractivity contribution in [2.75, 3.05) is 16.0 Å². The van der Waals surface area contributed by atoms with Crippen molar-refractivity contribution in [1.82, 2.24) is 0 Å². The molecule has 3 heteroatoms. The molecule has 3 nitrogen and oxygen atoms in total. The summed E-state index contributed by atoms with van der Waals surface area (Å²) in [6, 6.07) is 42.1. The number of hydrogen-bond acceptors (Lipinski definition) is 3. The van der Waals surface area contributed by atoms with E-state index in [1.165, 1.54) is 33.6 Å². The first kappa shape index (κ1) is 22.3. The van der Waals surface area contributed by atoms with Crippen molar-refractivity contribution in [2.24, 2.45) is 0 Å². The highest BCUT2D eigenvalue weighted by atomic mass is 15.1. The third-order valence-corrected chi connectivity index (χ3v) is 6.26. The van der Waals surface area contributed by atoms with E-state index in [9.17, 15) is 0 Å². The molecule has 0 aliphatic rings. The Labute approximate surface area is 207 Å². The van der Waals surface area contributed by atoms with Crippen LogP contribution in [0.5, 0.6) is 0 Å². The number of nitrogen functional groups attached to an aromatic ring is 1. The molecule has 5 rings (SSSR count). The molecule has 0 saturated carbocycles. The molecule has 0 radical (unpaired) electrons. The highest BCUT2D eigenvalue weighted by molar-refractivity contribution is 5.81. The molecule has 0 saturated heterocycles. The Morgan fingerprint density at radius 3 is 1.43 bits per heavy atom. The summed E-state index contributed by atoms with van der Waals surface area (Å²) < 4.78 is 0. The van der Waals surface area contributed by atoms with E-state index >= 15 is 0 Å². The molecule has 5 aromatic rings. The average Bonchev–Trinajstić information content (AvgIpc) is 2.89. The number of anilines is 6. The Morgan fingerprint density at radius 1 is 0.514 bits per heavy atom. The lowest BCUT2D eigenvalue weighted by atomic mass is 10.0. The van der Waals surface area contributed by atoms with E-state index in [1.807, 2.05) is 24.3 Å². The molecule has 172 valence electrons. The first-order valence-corrected chi connectivity index (χ1v) is 11.8. The maximum atomic E-state index is 5.78. The van der Waals surface area contributed by atoms with Gasteiger partial charge in [-0.05, 0) is 96.8 Å². The zero-order chi connectivity index (χ0) is 24.2. The molecule has 0 bridgehead atoms. The number of benzene rings is 5. The van der Waals surface area contributed by atoms with Crippen molar-refractivity contribution in [3.8, 4) is 11.1 Å². The number of nitrogens with two attached hydrogens (primary N) is 1. The van der Waals surface area contributed by atoms with Gasteiger partial charge in [0.05, 0.1) is 0 Å². The van der Waals surface area contributed by atoms with E-state index in [0.29, 0.717) is 0 Å². The third kappa shape index (κ3) is 4.90. The summed E-state index contributed by atoms with van der Waals surface area (Å²) >= 11 is 0. The topological polar surface area (TPSA) is 41.3 Å². The molecule has 0 heterocycles. The lowest BCUT2D eigenvalue weighted by Crippen LogP contribution is -2.12. The highest BCUT2D eigenvalue weighted by Crippen LogP contribution is 2.38. The van der Waals surface area contributed by atoms with E-state index < -0.39 is 0 Å². The van der Waals surface area contributed by atoms with Crippen LogP contribution in [0.2, 0.25) is 0 Å². The second kappa shape index (κ2) is 9.78. The van der Waals surface area contributed by atoms with Gasteiger partial charge in [0.25, 0.3) is 0 Å². The zero-order valence-electron chi connectivity index (χ0n) is 20.1. The van der Waals surface area contributed by atoms with Crippen molar-refractivity contribution in [1.29, 1.82) is 0 Å². The molecule has 0 unspecified atom stereocenters. The number of nitrogens with zero attached hydrogens (tertiary/aromatic N) is 1. The van der Waals surface area contributed by atoms with Gasteiger partial charge >= 0.3 is 0 Å². The van der Waals surface area contributed by atoms with Crippen molar-refractivity contribution in [3.05, 3.63) is 132 Å². The molecular weight excluding hydrogens is 426 g/mol. The van der Waals surface area contributed by atoms with Gasteiger partial charge in [-0.1, -0.05) is 60.7 Å². The SMILES string of the molecule is Cc1ccccc1N(c1ccc(-c2ccc(Nc3ccc(N)cc3)cc2)cc1)c1ccccc1C. The molecular formula is C32H29N3. The maximum Gasteiger partial charge on any atom is 0.0490 e. The van der Waals surface area contributed by atoms with Gasteiger partial charge in [0.1, 0.15) is 0 Å². The van der Waals surface area contributed by atoms with Gasteiger partial charge in [0.2, 0.25) is 0 Å². The van der Waals surface area contributed by atoms with Crippen LogP contribution < -0.4 is 16.0 Å². The first-order valence-electron chi connectivity index (χ1n) is 11.8. The molecule has 0 atom stereocenters. The van der Waals surface area contributed by atoms with Crippen LogP contribution in [0.4, 0.5) is 34.1 Å². The molecule has 0 aliphatic heterocycles. The van der Waals surface area contributed by atoms with Gasteiger partial charge in [0, 0.05) is 34.1 Å². The summed E-state index contributed by atoms with van der Waals surface area (Å²) in [5, 5.41) is 3.42. The van der Waals surface area contributed by atoms with Crippen molar-refractivity contribution in [2.45, 2.75) is 13.8 Å². The molecule has 0 aliphatic carbocycles. The zero-order valence-corrected chi connectivity index (χ0v) is 20.1. The minimum atomic E-state index is 0.762. The van der Waals surface area contributed by atoms with Crippen LogP contribution in [0.25, 0.3) is 11.1 Å². The van der Waals surface area contributed by atoms with Crippen LogP contribution in [-0.4, -0.2) is 0 Å². The lowest BCUT2D eigenvalue weighted by Gasteiger charge is -2.28. The summed E-state index contributed by atoms with van der Waals surface area (Å²) in [4.78, 5) is 2.34. The van der Waals surface area contributed by atoms with E-state index in [-0.39, 0.29) is 0 Å². The van der Waals surface area contributed by atoms with E-state index in [1.54, 1.807) is 0 Å². The molecule has 0 fully saturated rings. The van der Waals surface area contributed by atoms with E-state index in [2.05, 4.69) is 121 Å². The lowest BCUT2D eigenvalue weighted by molar-refractivity contribution is 1.23. The third-order valence-electron chi connectivity index (χ3n) is 6.26. The summed E-state index contributed by atoms with van der Waals surface area (Å²) in [5.74, 6) is 0. The van der Waals surface area contributed by atoms with Gasteiger partial charge in [-0.3, -0.25) is 0 Å². The van der Waals surface area contributed by atoms with Gasteiger partial charge in [0.15, 0.2) is 0 Å². The van der Waals surface area contributed by atoms with Crippen molar-refractivity contribution in [3.63, 3.8) is 0 Å². The number of rotatable bonds is 6. The Balaban J connectivity index is 1.43. The fourth-order valence-electron chi connectivity index (χ4n) is 4.32. The largest absolute Gasteiger partial charge is 0.399 e. The van der Waals surface area contributed by atoms with Crippen LogP contribution in [0.15, 0.2) is 121 Å². The van der Waals surface area contributed by atoms with Crippen LogP contribution >= 0.6 is 0 Å². The van der Waals surface area contributed by atoms with Crippen LogP contribution in [0.1, 0.15) is 11.1 Å². The summed E-state index contributed by atoms with van der Waals surface area (Å²) in [6.07, 6.45) is 0. The molecule has 3 N–H and O–H groups in total. The van der Waals surface area contributed by atoms with Crippen LogP contribution in [0, 0.1) is 13.8 Å². The predicted molar refractivity (Wildman–Crippen MR) is 150 cm³/mol. The quantitative estimate of drug-likeness (QED) is 0.251. The summed E-state index contributed by atoms with van der Waals surface area (Å²) in [7, 11) is 0. The first-order chi connectivity index (χ1) is 17.1. The smallest absolute Gasteiger partial charge is 0.0490 e. The minimum Gasteiger partial charge on any atom is -0.399 e. The fraction of sp³-hybridized carbons (Fsp3) is 0.0625. The summed E-state index contributed by atoms with van der Waals surface area (Å²) in [6.45, 7) is 4.32. The average molecular weight is 456 g/mol. The Bertz CT molecular complexity index is 1370. The standard InChI is InChI=1S/C32H29N3/c1-23-7-3-5-9-31(23)35(32-10-6-4-8-24(32)2)30-21-13-26(14-22-30)25-11-17-28(18-12-25)34-29-19-15-27(33)16-20-29/h3-22,34H,33H2,1-2H3. The maximum absolute atomic E-state index is 5.78. The predicted octanol–water partition coefficient (Wildman–Crippen LogP) is 8.77. The minimum absolute atomic E-state index is 0.762. The van der Waals surface area contributed by atoms with Crippen molar-refractivity contribution < 1.29 is 0 Å². The Kier molecular flexibility index (Phi) is 6.23. The van der Waals surface area contributed by atoms with E-state index in [0.717, 1.165) is 22.7 Å². The fourth-order valence-corrected chi connectivity index (χ4v) is 4.32. The number of nitrogens with one attached hydrogen (secondary N) is 1. The molecule has 0 aromatic heterocycles. The normalized spacial score (nSPS) is 10.7. The highest BCUT2D eigenvalue weighted by Gasteiger charge is 2.16. The number of hydrogen-bond donors (Lipinski definition) is 2. The molecule has 0 spiro atoms. The molecule has 35 heavy (non-hydrogen) atoms. The number of para-hydroxylation sites is 2. The monoisotopic (exact) mass is 455 g/mol. The van der Waals surface area contributed by atoms with Gasteiger partial charge < -0.3 is 16.0 Å². The second-order valence-electron chi connectivity index (χ2n) is 8.78. The molecule has 5 aromatic carbocycles. The van der Waals surface area contributed by atoms with E-state index in [4.69, 9.17) is 5.73 Å². The van der Waals surface area contributed by atoms with Gasteiger partial charge in [-0.15, -0.1) is 0 Å². The van der Waals surface area contributed by atoms with Crippen LogP contribution in [-0.2, 0) is 0 Å². The Morgan fingerprint density at radius 2 is 0.943 bits per heavy atom. The van der Waals surface area contributed by atoms with Crippen LogP contribution in [0.3, 0.4) is 0 Å². The molecule has 0 amide bonds. The van der Waals surface area contributed by atoms with Gasteiger partial charge in [-0.2, -0.15) is 0 Å². The number of aryl methyl sites for hydroxylation is 2. The second-order valence-corrected chi connectivity index (χ2v) is 8.78. The van der Waals surface area contributed by atoms with Crippen molar-refractivity contribution >= 4 is 34.1 Å².